The van der Waals surface area contributed by atoms with Crippen LogP contribution in [0, 0.1) is 0 Å². The first-order valence-electron chi connectivity index (χ1n) is 3.60. The Morgan fingerprint density at radius 2 is 2.21 bits per heavy atom. The molecule has 0 aromatic rings. The summed E-state index contributed by atoms with van der Waals surface area (Å²) in [4.78, 5) is 0.00877. The maximum absolute atomic E-state index is 11.1. The highest BCUT2D eigenvalue weighted by Crippen LogP contribution is 2.25. The molecule has 0 saturated carbocycles. The number of nitrogens with zero attached hydrogens (tertiary/aromatic N) is 1. The van der Waals surface area contributed by atoms with Gasteiger partial charge < -0.3 is 0 Å². The zero-order valence-corrected chi connectivity index (χ0v) is 9.79. The van der Waals surface area contributed by atoms with Crippen molar-refractivity contribution in [1.82, 2.24) is 0 Å². The number of hydrogen-bond donors (Lipinski definition) is 0. The fraction of sp³-hybridized carbons (Fsp3) is 0.125. The molecule has 3 nitrogen and oxygen atoms in total. The van der Waals surface area contributed by atoms with Crippen molar-refractivity contribution in [1.29, 1.82) is 0 Å². The van der Waals surface area contributed by atoms with E-state index in [-0.39, 0.29) is 4.91 Å². The molecular weight excluding hydrogens is 242 g/mol. The van der Waals surface area contributed by atoms with E-state index in [1.54, 1.807) is 18.4 Å². The van der Waals surface area contributed by atoms with E-state index in [9.17, 15) is 8.42 Å². The maximum Gasteiger partial charge on any atom is 0.261 e. The van der Waals surface area contributed by atoms with Crippen LogP contribution in [0.1, 0.15) is 0 Å². The largest absolute Gasteiger partial charge is 0.261 e. The molecule has 0 bridgehead atoms. The molecular formula is C8H8ClNO2S2. The van der Waals surface area contributed by atoms with Gasteiger partial charge in [-0.05, 0) is 24.1 Å². The second kappa shape index (κ2) is 4.33. The normalized spacial score (nSPS) is 20.0. The third kappa shape index (κ3) is 2.50. The third-order valence-corrected chi connectivity index (χ3v) is 3.35. The minimum absolute atomic E-state index is 0.00877. The summed E-state index contributed by atoms with van der Waals surface area (Å²) in [5.74, 6) is 0. The van der Waals surface area contributed by atoms with E-state index in [1.165, 1.54) is 18.0 Å². The van der Waals surface area contributed by atoms with Gasteiger partial charge in [-0.15, -0.1) is 0 Å². The molecule has 0 aliphatic heterocycles. The third-order valence-electron chi connectivity index (χ3n) is 1.56. The Morgan fingerprint density at radius 1 is 1.57 bits per heavy atom. The van der Waals surface area contributed by atoms with Crippen LogP contribution in [0.3, 0.4) is 0 Å². The van der Waals surface area contributed by atoms with E-state index in [1.807, 2.05) is 0 Å². The van der Waals surface area contributed by atoms with Gasteiger partial charge in [0.1, 0.15) is 0 Å². The van der Waals surface area contributed by atoms with Crippen LogP contribution in [-0.4, -0.2) is 20.4 Å². The van der Waals surface area contributed by atoms with Crippen molar-refractivity contribution in [2.75, 3.05) is 6.26 Å². The summed E-state index contributed by atoms with van der Waals surface area (Å²) in [5, 5.41) is 0. The van der Waals surface area contributed by atoms with Gasteiger partial charge >= 0.3 is 0 Å². The highest BCUT2D eigenvalue weighted by Gasteiger charge is 2.21. The van der Waals surface area contributed by atoms with Gasteiger partial charge in [0.15, 0.2) is 0 Å². The molecule has 0 unspecified atom stereocenters. The van der Waals surface area contributed by atoms with Gasteiger partial charge in [0, 0.05) is 22.5 Å². The van der Waals surface area contributed by atoms with Gasteiger partial charge in [-0.2, -0.15) is 0 Å². The lowest BCUT2D eigenvalue weighted by atomic mass is 10.1. The molecule has 0 N–H and O–H groups in total. The van der Waals surface area contributed by atoms with E-state index in [2.05, 4.69) is 11.0 Å². The Balaban J connectivity index is 3.16. The molecule has 6 heteroatoms. The quantitative estimate of drug-likeness (QED) is 0.557. The first kappa shape index (κ1) is 11.6. The lowest BCUT2D eigenvalue weighted by Gasteiger charge is -2.10. The average molecular weight is 250 g/mol. The zero-order chi connectivity index (χ0) is 10.8. The molecule has 0 amide bonds. The second-order valence-electron chi connectivity index (χ2n) is 2.47. The molecule has 0 atom stereocenters. The first-order valence-corrected chi connectivity index (χ1v) is 7.09. The summed E-state index contributed by atoms with van der Waals surface area (Å²) in [7, 11) is 1.49. The highest BCUT2D eigenvalue weighted by atomic mass is 35.7. The zero-order valence-electron chi connectivity index (χ0n) is 7.40. The smallest absolute Gasteiger partial charge is 0.216 e. The van der Waals surface area contributed by atoms with Crippen LogP contribution in [0.15, 0.2) is 39.7 Å². The molecule has 1 rings (SSSR count). The fourth-order valence-corrected chi connectivity index (χ4v) is 2.41. The predicted molar refractivity (Wildman–Crippen MR) is 62.1 cm³/mol. The Morgan fingerprint density at radius 3 is 2.71 bits per heavy atom. The van der Waals surface area contributed by atoms with Gasteiger partial charge in [-0.3, -0.25) is 0 Å². The van der Waals surface area contributed by atoms with Gasteiger partial charge in [-0.25, -0.2) is 12.8 Å². The van der Waals surface area contributed by atoms with E-state index in [0.717, 1.165) is 0 Å². The lowest BCUT2D eigenvalue weighted by Crippen LogP contribution is -2.08. The minimum atomic E-state index is -3.73. The van der Waals surface area contributed by atoms with Crippen molar-refractivity contribution in [3.05, 3.63) is 35.3 Å². The van der Waals surface area contributed by atoms with E-state index < -0.39 is 9.05 Å². The van der Waals surface area contributed by atoms with E-state index in [4.69, 9.17) is 10.7 Å². The summed E-state index contributed by atoms with van der Waals surface area (Å²) in [6, 6.07) is 0. The predicted octanol–water partition coefficient (Wildman–Crippen LogP) is 2.28. The Kier molecular flexibility index (Phi) is 3.58. The van der Waals surface area contributed by atoms with Crippen LogP contribution in [0.25, 0.3) is 0 Å². The molecule has 0 aromatic carbocycles. The van der Waals surface area contributed by atoms with Crippen LogP contribution in [0.2, 0.25) is 0 Å². The highest BCUT2D eigenvalue weighted by molar-refractivity contribution is 8.17. The molecule has 0 aromatic heterocycles. The number of hydrogen-bond acceptors (Lipinski definition) is 4. The van der Waals surface area contributed by atoms with Crippen LogP contribution < -0.4 is 0 Å². The molecule has 1 aliphatic carbocycles. The minimum Gasteiger partial charge on any atom is -0.216 e. The van der Waals surface area contributed by atoms with Crippen molar-refractivity contribution in [3.8, 4) is 0 Å². The van der Waals surface area contributed by atoms with Gasteiger partial charge in [0.25, 0.3) is 9.05 Å². The Bertz CT molecular complexity index is 446. The molecule has 0 saturated heterocycles. The summed E-state index contributed by atoms with van der Waals surface area (Å²) < 4.78 is 26.2. The fourth-order valence-electron chi connectivity index (χ4n) is 0.966. The van der Waals surface area contributed by atoms with Crippen LogP contribution in [0.4, 0.5) is 0 Å². The van der Waals surface area contributed by atoms with Gasteiger partial charge in [-0.1, -0.05) is 12.7 Å². The van der Waals surface area contributed by atoms with Crippen LogP contribution >= 0.6 is 22.6 Å². The molecule has 0 spiro atoms. The van der Waals surface area contributed by atoms with Crippen molar-refractivity contribution < 1.29 is 8.42 Å². The van der Waals surface area contributed by atoms with Crippen molar-refractivity contribution in [2.24, 2.45) is 4.40 Å². The molecule has 1 aliphatic rings. The number of allylic oxidation sites excluding steroid dienone is 4. The first-order chi connectivity index (χ1) is 6.46. The molecule has 0 heterocycles. The van der Waals surface area contributed by atoms with Crippen LogP contribution in [0.5, 0.6) is 0 Å². The van der Waals surface area contributed by atoms with Crippen molar-refractivity contribution in [3.63, 3.8) is 0 Å². The van der Waals surface area contributed by atoms with Gasteiger partial charge in [0.2, 0.25) is 0 Å². The van der Waals surface area contributed by atoms with Gasteiger partial charge in [0.05, 0.1) is 10.6 Å². The molecule has 76 valence electrons. The maximum atomic E-state index is 11.1. The van der Waals surface area contributed by atoms with E-state index in [0.29, 0.717) is 11.3 Å². The lowest BCUT2D eigenvalue weighted by molar-refractivity contribution is 0.615. The van der Waals surface area contributed by atoms with Crippen LogP contribution in [-0.2, 0) is 9.05 Å². The SMILES string of the molecule is C=C1C(S(=O)(=O)Cl)=CC=C/C1=N/SC. The summed E-state index contributed by atoms with van der Waals surface area (Å²) >= 11 is 1.24. The molecule has 0 radical (unpaired) electrons. The number of rotatable bonds is 2. The Hall–Kier alpha value is -0.520. The Labute approximate surface area is 91.8 Å². The molecule has 14 heavy (non-hydrogen) atoms. The standard InChI is InChI=1S/C8H8ClNO2S2/c1-6-7(10-13-2)4-3-5-8(6)14(9,11)12/h3-5H,1H2,2H3/b10-7-. The topological polar surface area (TPSA) is 46.5 Å². The van der Waals surface area contributed by atoms with Crippen molar-refractivity contribution >= 4 is 37.4 Å². The number of halogens is 1. The summed E-state index contributed by atoms with van der Waals surface area (Å²) in [6.45, 7) is 3.63. The summed E-state index contributed by atoms with van der Waals surface area (Å²) in [6.07, 6.45) is 6.45. The summed E-state index contributed by atoms with van der Waals surface area (Å²) in [5.41, 5.74) is 0.857. The second-order valence-corrected chi connectivity index (χ2v) is 5.55. The van der Waals surface area contributed by atoms with Crippen molar-refractivity contribution in [2.45, 2.75) is 0 Å². The monoisotopic (exact) mass is 249 g/mol. The molecule has 0 fully saturated rings. The average Bonchev–Trinajstić information content (AvgIpc) is 2.07. The van der Waals surface area contributed by atoms with E-state index >= 15 is 0 Å².